The summed E-state index contributed by atoms with van der Waals surface area (Å²) in [6, 6.07) is 26.4. The summed E-state index contributed by atoms with van der Waals surface area (Å²) in [5.74, 6) is 1.89. The largest absolute Gasteiger partial charge is 0.401 e. The van der Waals surface area contributed by atoms with Gasteiger partial charge in [0.2, 0.25) is 0 Å². The zero-order valence-electron chi connectivity index (χ0n) is 38.5. The number of hydrogen-bond donors (Lipinski definition) is 0. The zero-order chi connectivity index (χ0) is 42.8. The second-order valence-electron chi connectivity index (χ2n) is 14.1. The van der Waals surface area contributed by atoms with Crippen molar-refractivity contribution >= 4 is 27.7 Å². The van der Waals surface area contributed by atoms with Crippen molar-refractivity contribution in [3.63, 3.8) is 0 Å². The van der Waals surface area contributed by atoms with E-state index >= 15 is 0 Å². The molecule has 0 N–H and O–H groups in total. The van der Waals surface area contributed by atoms with E-state index in [2.05, 4.69) is 136 Å². The molecule has 0 fully saturated rings. The quantitative estimate of drug-likeness (QED) is 0.160. The van der Waals surface area contributed by atoms with E-state index < -0.39 is 0 Å². The van der Waals surface area contributed by atoms with Crippen molar-refractivity contribution in [2.45, 2.75) is 74.1 Å². The molecule has 10 heterocycles. The number of aromatic nitrogens is 10. The third kappa shape index (κ3) is 16.7. The average Bonchev–Trinajstić information content (AvgIpc) is 4.10. The minimum Gasteiger partial charge on any atom is -0.401 e. The van der Waals surface area contributed by atoms with Crippen LogP contribution in [0.2, 0.25) is 0 Å². The Kier molecular flexibility index (Phi) is 30.7. The van der Waals surface area contributed by atoms with Gasteiger partial charge in [-0.1, -0.05) is 88.2 Å². The Morgan fingerprint density at radius 3 is 1.64 bits per heavy atom. The number of fused-ring (bicyclic) bond motifs is 5. The van der Waals surface area contributed by atoms with E-state index in [1.165, 1.54) is 22.2 Å². The Hall–Kier alpha value is -1.68. The van der Waals surface area contributed by atoms with Crippen LogP contribution in [-0.2, 0) is 196 Å². The monoisotopic (exact) mass is 1260 g/mol. The summed E-state index contributed by atoms with van der Waals surface area (Å²) >= 11 is 0. The van der Waals surface area contributed by atoms with E-state index in [9.17, 15) is 0 Å². The molecule has 15 heteroatoms. The fourth-order valence-electron chi connectivity index (χ4n) is 6.96. The van der Waals surface area contributed by atoms with Gasteiger partial charge in [0.05, 0.1) is 16.9 Å². The van der Waals surface area contributed by atoms with E-state index in [0.29, 0.717) is 0 Å². The number of nitrogens with zero attached hydrogens (tertiary/aromatic N) is 10. The summed E-state index contributed by atoms with van der Waals surface area (Å²) in [5, 5.41) is 0. The van der Waals surface area contributed by atoms with Gasteiger partial charge < -0.3 is 28.9 Å². The zero-order valence-corrected chi connectivity index (χ0v) is 52.7. The van der Waals surface area contributed by atoms with Crippen molar-refractivity contribution in [2.75, 3.05) is 0 Å². The minimum atomic E-state index is 0. The number of aryl methyl sites for hydroxylation is 5. The van der Waals surface area contributed by atoms with Crippen LogP contribution in [0.4, 0.5) is 0 Å². The van der Waals surface area contributed by atoms with E-state index in [4.69, 9.17) is 0 Å². The molecule has 0 aromatic carbocycles. The van der Waals surface area contributed by atoms with Crippen molar-refractivity contribution in [2.24, 2.45) is 0 Å². The topological polar surface area (TPSA) is 86.5 Å². The van der Waals surface area contributed by atoms with Crippen LogP contribution in [0, 0.1) is 34.6 Å². The average molecular weight is 1260 g/mol. The summed E-state index contributed by atoms with van der Waals surface area (Å²) in [7, 11) is 0. The molecule has 10 rings (SSSR count). The smallest absolute Gasteiger partial charge is 0.132 e. The van der Waals surface area contributed by atoms with Crippen molar-refractivity contribution in [3.05, 3.63) is 214 Å². The number of rotatable bonds is 5. The van der Waals surface area contributed by atoms with Gasteiger partial charge in [-0.05, 0) is 97.9 Å². The predicted octanol–water partition coefficient (Wildman–Crippen LogP) is 11.0. The molecule has 10 aromatic rings. The summed E-state index contributed by atoms with van der Waals surface area (Å²) in [5.41, 5.74) is 13.6. The van der Waals surface area contributed by atoms with Gasteiger partial charge in [-0.15, -0.1) is 12.3 Å². The maximum absolute atomic E-state index is 4.36. The van der Waals surface area contributed by atoms with Crippen LogP contribution in [0.25, 0.3) is 27.7 Å². The van der Waals surface area contributed by atoms with Gasteiger partial charge >= 0.3 is 0 Å². The molecule has 10 aromatic heterocycles. The third-order valence-electron chi connectivity index (χ3n) is 9.94. The summed E-state index contributed by atoms with van der Waals surface area (Å²) in [4.78, 5) is 21.7. The maximum atomic E-state index is 4.36. The molecule has 0 saturated carbocycles. The molecule has 0 aliphatic heterocycles. The molecule has 0 spiro atoms. The van der Waals surface area contributed by atoms with Crippen LogP contribution in [0.15, 0.2) is 122 Å². The molecule has 10 nitrogen and oxygen atoms in total. The predicted molar refractivity (Wildman–Crippen MR) is 252 cm³/mol. The first-order chi connectivity index (χ1) is 29.0. The first-order valence-electron chi connectivity index (χ1n) is 20.5. The molecule has 0 amide bonds. The van der Waals surface area contributed by atoms with E-state index in [1.807, 2.05) is 102 Å². The molecular weight excluding hydrogens is 1200 g/mol. The van der Waals surface area contributed by atoms with Gasteiger partial charge in [-0.3, -0.25) is 24.9 Å². The summed E-state index contributed by atoms with van der Waals surface area (Å²) < 4.78 is 10.3. The van der Waals surface area contributed by atoms with Gasteiger partial charge in [-0.25, -0.2) is 27.7 Å². The standard InChI is InChI=1S/5C10H11N2.CH4.5Y/c1-3-9-7-12-6-4-5-10(12)8(2)11-9;1-3-9-7-10-5-4-6-12(10)8(2)11-9;1-3-10-11-8(2)7-9-5-4-6-12(9)10;1-3-9-10-5-4-6-12(10)7-8(2)11-9;1-3-9-7-8(2)11-10-5-4-6-12(9)10;;;;;;/h5*4-7H,2-3H2,1H3;1H4;;;;;/q5*-1;;;;;;. The molecule has 333 valence electrons. The van der Waals surface area contributed by atoms with Crippen LogP contribution >= 0.6 is 0 Å². The van der Waals surface area contributed by atoms with E-state index in [-0.39, 0.29) is 171 Å². The third-order valence-corrected chi connectivity index (χ3v) is 9.94. The molecular formula is C51H59N10Y5-5. The Morgan fingerprint density at radius 1 is 0.455 bits per heavy atom. The molecule has 0 saturated heterocycles. The van der Waals surface area contributed by atoms with Gasteiger partial charge in [0.25, 0.3) is 0 Å². The SMILES string of the molecule is C.[CH2-]c1cc(CC)n2cccc2n1.[CH2-]c1cc2cccn2c(CC)n1.[CH2-]c1cn2cccc2c(CC)n1.[CH2-]c1nc(CC)cc2cccn12.[CH2-]c1nc(CC)cn2cccc12.[Y].[Y].[Y].[Y].[Y]. The van der Waals surface area contributed by atoms with Crippen LogP contribution in [0.3, 0.4) is 0 Å². The Labute approximate surface area is 518 Å². The maximum Gasteiger partial charge on any atom is 0.132 e. The second-order valence-corrected chi connectivity index (χ2v) is 14.1. The normalized spacial score (nSPS) is 9.77. The van der Waals surface area contributed by atoms with Crippen LogP contribution in [0.5, 0.6) is 0 Å². The molecule has 0 unspecified atom stereocenters. The molecule has 0 aliphatic rings. The van der Waals surface area contributed by atoms with Crippen molar-refractivity contribution in [3.8, 4) is 0 Å². The minimum absolute atomic E-state index is 0. The first kappa shape index (κ1) is 64.3. The van der Waals surface area contributed by atoms with Crippen LogP contribution in [-0.4, -0.2) is 46.9 Å². The first-order valence-corrected chi connectivity index (χ1v) is 20.5. The van der Waals surface area contributed by atoms with Crippen molar-refractivity contribution in [1.82, 2.24) is 46.9 Å². The summed E-state index contributed by atoms with van der Waals surface area (Å²) in [6.45, 7) is 29.8. The fraction of sp³-hybridized carbons (Fsp3) is 0.216. The summed E-state index contributed by atoms with van der Waals surface area (Å²) in [6.07, 6.45) is 18.9. The van der Waals surface area contributed by atoms with Crippen molar-refractivity contribution in [1.29, 1.82) is 0 Å². The fourth-order valence-corrected chi connectivity index (χ4v) is 6.96. The Bertz CT molecular complexity index is 2690. The van der Waals surface area contributed by atoms with Crippen LogP contribution < -0.4 is 0 Å². The van der Waals surface area contributed by atoms with Crippen molar-refractivity contribution < 1.29 is 164 Å². The molecule has 0 aliphatic carbocycles. The molecule has 66 heavy (non-hydrogen) atoms. The Balaban J connectivity index is 0.000000782. The molecule has 5 radical (unpaired) electrons. The van der Waals surface area contributed by atoms with Gasteiger partial charge in [0.1, 0.15) is 11.5 Å². The van der Waals surface area contributed by atoms with Gasteiger partial charge in [0, 0.05) is 206 Å². The Morgan fingerprint density at radius 2 is 1.02 bits per heavy atom. The van der Waals surface area contributed by atoms with Gasteiger partial charge in [0.15, 0.2) is 0 Å². The second kappa shape index (κ2) is 31.5. The van der Waals surface area contributed by atoms with Crippen LogP contribution in [0.1, 0.15) is 99.2 Å². The van der Waals surface area contributed by atoms with E-state index in [1.54, 1.807) is 0 Å². The molecule has 0 bridgehead atoms. The molecule has 0 atom stereocenters. The van der Waals surface area contributed by atoms with Gasteiger partial charge in [-0.2, -0.15) is 12.1 Å². The van der Waals surface area contributed by atoms with E-state index in [0.717, 1.165) is 94.8 Å². The number of hydrogen-bond acceptors (Lipinski definition) is 5.